The Morgan fingerprint density at radius 2 is 1.66 bits per heavy atom. The van der Waals surface area contributed by atoms with Gasteiger partial charge in [-0.15, -0.1) is 0 Å². The first-order chi connectivity index (χ1) is 16.9. The molecular weight excluding hydrogens is 444 g/mol. The molecule has 0 spiro atoms. The number of aliphatic carboxylic acids is 1. The maximum absolute atomic E-state index is 12.9. The van der Waals surface area contributed by atoms with Crippen LogP contribution in [0.15, 0.2) is 48.5 Å². The minimum Gasteiger partial charge on any atom is -0.480 e. The number of nitrogens with one attached hydrogen (secondary N) is 2. The van der Waals surface area contributed by atoms with Crippen LogP contribution in [-0.4, -0.2) is 41.8 Å². The number of carboxylic acids is 1. The molecule has 0 aliphatic heterocycles. The summed E-state index contributed by atoms with van der Waals surface area (Å²) >= 11 is 0. The van der Waals surface area contributed by atoms with Gasteiger partial charge < -0.3 is 20.5 Å². The lowest BCUT2D eigenvalue weighted by Gasteiger charge is -2.24. The Bertz CT molecular complexity index is 1040. The third kappa shape index (κ3) is 5.50. The van der Waals surface area contributed by atoms with Crippen LogP contribution in [0, 0.1) is 11.8 Å². The van der Waals surface area contributed by atoms with Crippen LogP contribution in [0.3, 0.4) is 0 Å². The van der Waals surface area contributed by atoms with Crippen molar-refractivity contribution >= 4 is 18.0 Å². The summed E-state index contributed by atoms with van der Waals surface area (Å²) in [5.41, 5.74) is 4.60. The van der Waals surface area contributed by atoms with E-state index in [0.717, 1.165) is 35.1 Å². The number of hydrogen-bond donors (Lipinski definition) is 3. The van der Waals surface area contributed by atoms with Crippen molar-refractivity contribution in [2.24, 2.45) is 11.8 Å². The van der Waals surface area contributed by atoms with E-state index in [1.807, 2.05) is 38.1 Å². The van der Waals surface area contributed by atoms with Crippen molar-refractivity contribution < 1.29 is 24.2 Å². The van der Waals surface area contributed by atoms with Crippen molar-refractivity contribution in [3.8, 4) is 11.1 Å². The highest BCUT2D eigenvalue weighted by Crippen LogP contribution is 2.44. The van der Waals surface area contributed by atoms with E-state index < -0.39 is 24.0 Å². The highest BCUT2D eigenvalue weighted by atomic mass is 16.5. The Balaban J connectivity index is 1.35. The molecule has 35 heavy (non-hydrogen) atoms. The molecule has 2 aromatic rings. The van der Waals surface area contributed by atoms with Crippen molar-refractivity contribution in [3.63, 3.8) is 0 Å². The molecule has 7 heteroatoms. The summed E-state index contributed by atoms with van der Waals surface area (Å²) in [6, 6.07) is 15.0. The van der Waals surface area contributed by atoms with Gasteiger partial charge in [0.15, 0.2) is 0 Å². The zero-order valence-electron chi connectivity index (χ0n) is 20.3. The van der Waals surface area contributed by atoms with E-state index >= 15 is 0 Å². The molecule has 0 bridgehead atoms. The molecule has 2 aliphatic carbocycles. The Morgan fingerprint density at radius 1 is 1.03 bits per heavy atom. The SMILES string of the molecule is CCC(C)CC(NC(=O)C1CCCC1NC(=O)OCC1c2ccccc2-c2ccccc21)C(=O)O. The third-order valence-electron chi connectivity index (χ3n) is 7.45. The van der Waals surface area contributed by atoms with Crippen molar-refractivity contribution in [1.29, 1.82) is 0 Å². The lowest BCUT2D eigenvalue weighted by atomic mass is 9.97. The second-order valence-corrected chi connectivity index (χ2v) is 9.76. The van der Waals surface area contributed by atoms with Gasteiger partial charge in [0, 0.05) is 12.0 Å². The predicted molar refractivity (Wildman–Crippen MR) is 133 cm³/mol. The van der Waals surface area contributed by atoms with Crippen LogP contribution < -0.4 is 10.6 Å². The minimum absolute atomic E-state index is 0.0345. The number of fused-ring (bicyclic) bond motifs is 3. The van der Waals surface area contributed by atoms with Gasteiger partial charge in [0.05, 0.1) is 5.92 Å². The fourth-order valence-corrected chi connectivity index (χ4v) is 5.31. The van der Waals surface area contributed by atoms with Crippen LogP contribution >= 0.6 is 0 Å². The monoisotopic (exact) mass is 478 g/mol. The first-order valence-corrected chi connectivity index (χ1v) is 12.5. The molecule has 1 saturated carbocycles. The first-order valence-electron chi connectivity index (χ1n) is 12.5. The highest BCUT2D eigenvalue weighted by molar-refractivity contribution is 5.86. The average molecular weight is 479 g/mol. The summed E-state index contributed by atoms with van der Waals surface area (Å²) in [5, 5.41) is 15.1. The topological polar surface area (TPSA) is 105 Å². The van der Waals surface area contributed by atoms with Crippen molar-refractivity contribution in [2.45, 2.75) is 64.0 Å². The molecule has 4 rings (SSSR count). The van der Waals surface area contributed by atoms with Gasteiger partial charge in [-0.2, -0.15) is 0 Å². The van der Waals surface area contributed by atoms with Crippen LogP contribution in [-0.2, 0) is 14.3 Å². The Labute approximate surface area is 206 Å². The van der Waals surface area contributed by atoms with E-state index in [2.05, 4.69) is 34.9 Å². The van der Waals surface area contributed by atoms with Gasteiger partial charge in [0.1, 0.15) is 12.6 Å². The number of carboxylic acid groups (broad SMARTS) is 1. The number of benzene rings is 2. The minimum atomic E-state index is -1.03. The van der Waals surface area contributed by atoms with E-state index in [9.17, 15) is 19.5 Å². The fraction of sp³-hybridized carbons (Fsp3) is 0.464. The van der Waals surface area contributed by atoms with E-state index in [1.54, 1.807) is 0 Å². The van der Waals surface area contributed by atoms with E-state index in [1.165, 1.54) is 0 Å². The molecule has 1 fully saturated rings. The van der Waals surface area contributed by atoms with E-state index in [0.29, 0.717) is 19.3 Å². The van der Waals surface area contributed by atoms with E-state index in [4.69, 9.17) is 4.74 Å². The number of hydrogen-bond acceptors (Lipinski definition) is 4. The Kier molecular flexibility index (Phi) is 7.73. The van der Waals surface area contributed by atoms with Crippen LogP contribution in [0.1, 0.15) is 63.0 Å². The smallest absolute Gasteiger partial charge is 0.407 e. The van der Waals surface area contributed by atoms with Crippen LogP contribution in [0.5, 0.6) is 0 Å². The number of alkyl carbamates (subject to hydrolysis) is 1. The number of rotatable bonds is 9. The molecule has 2 aliphatic rings. The highest BCUT2D eigenvalue weighted by Gasteiger charge is 2.37. The largest absolute Gasteiger partial charge is 0.480 e. The van der Waals surface area contributed by atoms with Gasteiger partial charge in [-0.25, -0.2) is 9.59 Å². The molecule has 7 nitrogen and oxygen atoms in total. The van der Waals surface area contributed by atoms with Gasteiger partial charge >= 0.3 is 12.1 Å². The van der Waals surface area contributed by atoms with Crippen molar-refractivity contribution in [3.05, 3.63) is 59.7 Å². The summed E-state index contributed by atoms with van der Waals surface area (Å²) < 4.78 is 5.64. The lowest BCUT2D eigenvalue weighted by Crippen LogP contribution is -2.49. The predicted octanol–water partition coefficient (Wildman–Crippen LogP) is 4.70. The number of ether oxygens (including phenoxy) is 1. The molecular formula is C28H34N2O5. The zero-order valence-corrected chi connectivity index (χ0v) is 20.3. The van der Waals surface area contributed by atoms with Gasteiger partial charge in [-0.05, 0) is 47.4 Å². The molecule has 2 aromatic carbocycles. The van der Waals surface area contributed by atoms with Gasteiger partial charge in [-0.1, -0.05) is 75.2 Å². The van der Waals surface area contributed by atoms with Crippen LogP contribution in [0.4, 0.5) is 4.79 Å². The second-order valence-electron chi connectivity index (χ2n) is 9.76. The van der Waals surface area contributed by atoms with Crippen LogP contribution in [0.2, 0.25) is 0 Å². The number of carbonyl (C=O) groups excluding carboxylic acids is 2. The van der Waals surface area contributed by atoms with E-state index in [-0.39, 0.29) is 30.4 Å². The van der Waals surface area contributed by atoms with Crippen molar-refractivity contribution in [2.75, 3.05) is 6.61 Å². The zero-order chi connectivity index (χ0) is 24.9. The molecule has 4 unspecified atom stereocenters. The van der Waals surface area contributed by atoms with Gasteiger partial charge in [0.25, 0.3) is 0 Å². The maximum atomic E-state index is 12.9. The second kappa shape index (κ2) is 10.9. The number of carbonyl (C=O) groups is 3. The summed E-state index contributed by atoms with van der Waals surface area (Å²) in [7, 11) is 0. The molecule has 0 aromatic heterocycles. The van der Waals surface area contributed by atoms with Gasteiger partial charge in [-0.3, -0.25) is 4.79 Å². The molecule has 0 heterocycles. The molecule has 186 valence electrons. The summed E-state index contributed by atoms with van der Waals surface area (Å²) in [5.74, 6) is -1.66. The number of amides is 2. The van der Waals surface area contributed by atoms with Crippen molar-refractivity contribution in [1.82, 2.24) is 10.6 Å². The average Bonchev–Trinajstić information content (AvgIpc) is 3.44. The molecule has 2 amide bonds. The molecule has 0 radical (unpaired) electrons. The normalized spacial score (nSPS) is 20.4. The molecule has 4 atom stereocenters. The third-order valence-corrected chi connectivity index (χ3v) is 7.45. The summed E-state index contributed by atoms with van der Waals surface area (Å²) in [6.45, 7) is 4.18. The lowest BCUT2D eigenvalue weighted by molar-refractivity contribution is -0.143. The standard InChI is InChI=1S/C28H34N2O5/c1-3-17(2)15-25(27(32)33)29-26(31)22-13-8-14-24(22)30-28(34)35-16-23-20-11-6-4-9-18(20)19-10-5-7-12-21(19)23/h4-7,9-12,17,22-25H,3,8,13-16H2,1-2H3,(H,29,31)(H,30,34)(H,32,33). The first kappa shape index (κ1) is 24.8. The molecule has 3 N–H and O–H groups in total. The quantitative estimate of drug-likeness (QED) is 0.485. The summed E-state index contributed by atoms with van der Waals surface area (Å²) in [4.78, 5) is 37.2. The Hall–Kier alpha value is -3.35. The van der Waals surface area contributed by atoms with Gasteiger partial charge in [0.2, 0.25) is 5.91 Å². The Morgan fingerprint density at radius 3 is 2.26 bits per heavy atom. The summed E-state index contributed by atoms with van der Waals surface area (Å²) in [6.07, 6.45) is 2.73. The fourth-order valence-electron chi connectivity index (χ4n) is 5.31. The maximum Gasteiger partial charge on any atom is 0.407 e. The van der Waals surface area contributed by atoms with Crippen LogP contribution in [0.25, 0.3) is 11.1 Å². The molecule has 0 saturated heterocycles.